The number of allylic oxidation sites excluding steroid dienone is 1. The third-order valence-electron chi connectivity index (χ3n) is 5.24. The van der Waals surface area contributed by atoms with Crippen molar-refractivity contribution in [2.75, 3.05) is 0 Å². The van der Waals surface area contributed by atoms with Gasteiger partial charge in [-0.05, 0) is 40.3 Å². The molecule has 1 N–H and O–H groups in total. The topological polar surface area (TPSA) is 15.8 Å². The van der Waals surface area contributed by atoms with Crippen LogP contribution in [0.2, 0.25) is 0 Å². The zero-order chi connectivity index (χ0) is 16.2. The van der Waals surface area contributed by atoms with E-state index in [1.807, 2.05) is 13.8 Å². The summed E-state index contributed by atoms with van der Waals surface area (Å²) in [5, 5.41) is 1.40. The minimum absolute atomic E-state index is 0.0632. The Bertz CT molecular complexity index is 938. The van der Waals surface area contributed by atoms with Gasteiger partial charge in [0.1, 0.15) is 0 Å². The van der Waals surface area contributed by atoms with Crippen molar-refractivity contribution in [3.63, 3.8) is 0 Å². The van der Waals surface area contributed by atoms with Gasteiger partial charge in [-0.1, -0.05) is 70.2 Å². The quantitative estimate of drug-likeness (QED) is 0.518. The van der Waals surface area contributed by atoms with E-state index in [0.29, 0.717) is 0 Å². The molecule has 0 spiro atoms. The molecule has 0 unspecified atom stereocenters. The van der Waals surface area contributed by atoms with Crippen LogP contribution in [0.3, 0.4) is 0 Å². The van der Waals surface area contributed by atoms with E-state index in [4.69, 9.17) is 0 Å². The van der Waals surface area contributed by atoms with E-state index in [1.54, 1.807) is 0 Å². The summed E-state index contributed by atoms with van der Waals surface area (Å²) in [5.74, 6) is 0. The van der Waals surface area contributed by atoms with Gasteiger partial charge in [-0.15, -0.1) is 0 Å². The fraction of sp³-hybridized carbons (Fsp3) is 0.273. The highest BCUT2D eigenvalue weighted by Gasteiger charge is 2.37. The molecule has 2 aromatic carbocycles. The largest absolute Gasteiger partial charge is 0.355 e. The SMILES string of the molecule is CC.CC1(C)c2ccccc2-c2ccc3c4c([nH]c3c21)C=CC4. The van der Waals surface area contributed by atoms with Gasteiger partial charge in [0.25, 0.3) is 0 Å². The molecule has 2 aliphatic carbocycles. The fourth-order valence-corrected chi connectivity index (χ4v) is 4.27. The smallest absolute Gasteiger partial charge is 0.0509 e. The maximum atomic E-state index is 3.68. The van der Waals surface area contributed by atoms with E-state index >= 15 is 0 Å². The summed E-state index contributed by atoms with van der Waals surface area (Å²) in [6, 6.07) is 13.4. The molecule has 0 amide bonds. The van der Waals surface area contributed by atoms with E-state index in [0.717, 1.165) is 6.42 Å². The maximum Gasteiger partial charge on any atom is 0.0509 e. The van der Waals surface area contributed by atoms with Crippen LogP contribution >= 0.6 is 0 Å². The van der Waals surface area contributed by atoms with Gasteiger partial charge >= 0.3 is 0 Å². The monoisotopic (exact) mass is 301 g/mol. The molecule has 2 aliphatic rings. The van der Waals surface area contributed by atoms with Crippen molar-refractivity contribution in [1.29, 1.82) is 0 Å². The van der Waals surface area contributed by atoms with Gasteiger partial charge in [0.15, 0.2) is 0 Å². The number of rotatable bonds is 0. The second-order valence-corrected chi connectivity index (χ2v) is 6.70. The Labute approximate surface area is 138 Å². The Balaban J connectivity index is 0.000000652. The summed E-state index contributed by atoms with van der Waals surface area (Å²) >= 11 is 0. The number of aromatic amines is 1. The fourth-order valence-electron chi connectivity index (χ4n) is 4.27. The molecule has 0 bridgehead atoms. The van der Waals surface area contributed by atoms with Crippen molar-refractivity contribution in [3.05, 3.63) is 64.9 Å². The minimum Gasteiger partial charge on any atom is -0.355 e. The van der Waals surface area contributed by atoms with Crippen molar-refractivity contribution in [3.8, 4) is 11.1 Å². The Morgan fingerprint density at radius 2 is 1.74 bits per heavy atom. The number of hydrogen-bond donors (Lipinski definition) is 1. The molecule has 0 saturated carbocycles. The Hall–Kier alpha value is -2.28. The van der Waals surface area contributed by atoms with Gasteiger partial charge in [0, 0.05) is 16.5 Å². The van der Waals surface area contributed by atoms with Gasteiger partial charge < -0.3 is 4.98 Å². The van der Waals surface area contributed by atoms with Crippen LogP contribution in [0.4, 0.5) is 0 Å². The molecule has 0 aliphatic heterocycles. The summed E-state index contributed by atoms with van der Waals surface area (Å²) in [7, 11) is 0. The predicted molar refractivity (Wildman–Crippen MR) is 99.9 cm³/mol. The van der Waals surface area contributed by atoms with E-state index in [-0.39, 0.29) is 5.41 Å². The van der Waals surface area contributed by atoms with Crippen molar-refractivity contribution >= 4 is 17.0 Å². The summed E-state index contributed by atoms with van der Waals surface area (Å²) in [6.07, 6.45) is 5.52. The molecule has 0 fully saturated rings. The number of benzene rings is 2. The van der Waals surface area contributed by atoms with E-state index in [1.165, 1.54) is 44.4 Å². The first-order valence-corrected chi connectivity index (χ1v) is 8.62. The average Bonchev–Trinajstić information content (AvgIpc) is 3.21. The Morgan fingerprint density at radius 3 is 2.57 bits per heavy atom. The zero-order valence-corrected chi connectivity index (χ0v) is 14.3. The lowest BCUT2D eigenvalue weighted by Crippen LogP contribution is -2.15. The molecular formula is C22H23N. The number of nitrogens with one attached hydrogen (secondary N) is 1. The van der Waals surface area contributed by atoms with Gasteiger partial charge in [-0.25, -0.2) is 0 Å². The molecular weight excluding hydrogens is 278 g/mol. The summed E-state index contributed by atoms with van der Waals surface area (Å²) in [6.45, 7) is 8.69. The first-order chi connectivity index (χ1) is 11.2. The number of H-pyrrole nitrogens is 1. The van der Waals surface area contributed by atoms with Gasteiger partial charge in [0.05, 0.1) is 5.52 Å². The highest BCUT2D eigenvalue weighted by molar-refractivity contribution is 5.99. The van der Waals surface area contributed by atoms with Crippen LogP contribution in [0.25, 0.3) is 28.1 Å². The molecule has 1 nitrogen and oxygen atoms in total. The van der Waals surface area contributed by atoms with Crippen LogP contribution < -0.4 is 0 Å². The standard InChI is InChI=1S/C20H17N.C2H6/c1-20(2)16-8-4-3-6-12(16)14-10-11-15-13-7-5-9-17(13)21-19(15)18(14)20;1-2/h3-6,8-11,21H,7H2,1-2H3;1-2H3. The molecule has 5 rings (SSSR count). The number of hydrogen-bond acceptors (Lipinski definition) is 0. The van der Waals surface area contributed by atoms with E-state index < -0.39 is 0 Å². The number of fused-ring (bicyclic) bond motifs is 7. The third-order valence-corrected chi connectivity index (χ3v) is 5.24. The van der Waals surface area contributed by atoms with Crippen LogP contribution in [-0.2, 0) is 11.8 Å². The molecule has 116 valence electrons. The normalized spacial score (nSPS) is 15.8. The summed E-state index contributed by atoms with van der Waals surface area (Å²) < 4.78 is 0. The molecule has 0 radical (unpaired) electrons. The van der Waals surface area contributed by atoms with Crippen LogP contribution in [-0.4, -0.2) is 4.98 Å². The van der Waals surface area contributed by atoms with E-state index in [2.05, 4.69) is 67.4 Å². The molecule has 3 aromatic rings. The van der Waals surface area contributed by atoms with Crippen LogP contribution in [0, 0.1) is 0 Å². The molecule has 23 heavy (non-hydrogen) atoms. The van der Waals surface area contributed by atoms with Crippen LogP contribution in [0.5, 0.6) is 0 Å². The molecule has 1 heterocycles. The maximum absolute atomic E-state index is 3.68. The van der Waals surface area contributed by atoms with Gasteiger partial charge in [-0.2, -0.15) is 0 Å². The first kappa shape index (κ1) is 14.3. The van der Waals surface area contributed by atoms with Crippen LogP contribution in [0.1, 0.15) is 50.1 Å². The van der Waals surface area contributed by atoms with Crippen molar-refractivity contribution in [2.24, 2.45) is 0 Å². The lowest BCUT2D eigenvalue weighted by Gasteiger charge is -2.22. The Morgan fingerprint density at radius 1 is 0.957 bits per heavy atom. The molecule has 1 heteroatoms. The predicted octanol–water partition coefficient (Wildman–Crippen LogP) is 6.07. The van der Waals surface area contributed by atoms with Crippen LogP contribution in [0.15, 0.2) is 42.5 Å². The van der Waals surface area contributed by atoms with E-state index in [9.17, 15) is 0 Å². The lowest BCUT2D eigenvalue weighted by atomic mass is 9.81. The zero-order valence-electron chi connectivity index (χ0n) is 14.3. The lowest BCUT2D eigenvalue weighted by molar-refractivity contribution is 0.665. The number of aromatic nitrogens is 1. The summed E-state index contributed by atoms with van der Waals surface area (Å²) in [5.41, 5.74) is 9.85. The molecule has 0 saturated heterocycles. The van der Waals surface area contributed by atoms with Crippen molar-refractivity contribution in [2.45, 2.75) is 39.5 Å². The second-order valence-electron chi connectivity index (χ2n) is 6.70. The van der Waals surface area contributed by atoms with Crippen molar-refractivity contribution in [1.82, 2.24) is 4.98 Å². The highest BCUT2D eigenvalue weighted by atomic mass is 14.7. The molecule has 1 aromatic heterocycles. The van der Waals surface area contributed by atoms with Gasteiger partial charge in [0.2, 0.25) is 0 Å². The summed E-state index contributed by atoms with van der Waals surface area (Å²) in [4.78, 5) is 3.68. The molecule has 0 atom stereocenters. The highest BCUT2D eigenvalue weighted by Crippen LogP contribution is 2.51. The third kappa shape index (κ3) is 1.74. The Kier molecular flexibility index (Phi) is 3.02. The minimum atomic E-state index is 0.0632. The second kappa shape index (κ2) is 4.86. The first-order valence-electron chi connectivity index (χ1n) is 8.62. The average molecular weight is 301 g/mol. The van der Waals surface area contributed by atoms with Crippen molar-refractivity contribution < 1.29 is 0 Å². The van der Waals surface area contributed by atoms with Gasteiger partial charge in [-0.3, -0.25) is 0 Å².